The van der Waals surface area contributed by atoms with Crippen molar-refractivity contribution >= 4 is 32.6 Å². The molecule has 0 unspecified atom stereocenters. The fraction of sp³-hybridized carbons (Fsp3) is 0.273. The van der Waals surface area contributed by atoms with Gasteiger partial charge in [0.2, 0.25) is 0 Å². The third-order valence-corrected chi connectivity index (χ3v) is 8.73. The van der Waals surface area contributed by atoms with E-state index in [-0.39, 0.29) is 41.8 Å². The molecule has 0 amide bonds. The van der Waals surface area contributed by atoms with Gasteiger partial charge in [0.15, 0.2) is 11.6 Å². The van der Waals surface area contributed by atoms with Crippen molar-refractivity contribution in [3.8, 4) is 28.8 Å². The molecule has 216 valence electrons. The summed E-state index contributed by atoms with van der Waals surface area (Å²) >= 11 is 0. The van der Waals surface area contributed by atoms with Gasteiger partial charge in [0, 0.05) is 41.0 Å². The van der Waals surface area contributed by atoms with Gasteiger partial charge in [0.25, 0.3) is 0 Å². The number of rotatable bonds is 5. The van der Waals surface area contributed by atoms with Crippen LogP contribution in [0.3, 0.4) is 0 Å². The van der Waals surface area contributed by atoms with Crippen molar-refractivity contribution in [2.45, 2.75) is 45.7 Å². The number of nitriles is 1. The Hall–Kier alpha value is -4.88. The highest BCUT2D eigenvalue weighted by atomic mass is 19.1. The Balaban J connectivity index is 1.65. The number of phenolic OH excluding ortho intramolecular Hbond substituents is 1. The van der Waals surface area contributed by atoms with Gasteiger partial charge in [-0.3, -0.25) is 0 Å². The summed E-state index contributed by atoms with van der Waals surface area (Å²) in [4.78, 5) is 8.96. The maximum absolute atomic E-state index is 17.2. The minimum absolute atomic E-state index is 0.0761. The standard InChI is InChI=1S/C33H29F2N7O/c1-17-14-38-19(3)31(17)42-18(2)9-27-32(42)26-11-21(5-4-8-36)28(29(35)30(26)40-33(27)41-16-37-15-39-41)25-13-23(43)10-20-6-7-22(34)12-24(20)25/h6-7,9-13,15-17,19,31,38,43H,4-5,14H2,1-3H3/t17-,19-,31+/m1/s1. The predicted octanol–water partition coefficient (Wildman–Crippen LogP) is 6.51. The molecule has 3 aromatic carbocycles. The van der Waals surface area contributed by atoms with Gasteiger partial charge < -0.3 is 15.0 Å². The minimum Gasteiger partial charge on any atom is -0.508 e. The lowest BCUT2D eigenvalue weighted by atomic mass is 9.90. The molecule has 1 saturated heterocycles. The zero-order chi connectivity index (χ0) is 30.0. The van der Waals surface area contributed by atoms with Gasteiger partial charge in [-0.15, -0.1) is 0 Å². The molecule has 4 heterocycles. The van der Waals surface area contributed by atoms with E-state index in [9.17, 15) is 14.8 Å². The van der Waals surface area contributed by atoms with Gasteiger partial charge in [-0.2, -0.15) is 10.4 Å². The number of nitrogens with zero attached hydrogens (tertiary/aromatic N) is 6. The van der Waals surface area contributed by atoms with Crippen molar-refractivity contribution in [1.29, 1.82) is 5.26 Å². The molecule has 43 heavy (non-hydrogen) atoms. The summed E-state index contributed by atoms with van der Waals surface area (Å²) in [5.41, 5.74) is 3.05. The fourth-order valence-corrected chi connectivity index (χ4v) is 6.91. The summed E-state index contributed by atoms with van der Waals surface area (Å²) < 4.78 is 35.5. The van der Waals surface area contributed by atoms with E-state index in [0.717, 1.165) is 23.1 Å². The van der Waals surface area contributed by atoms with Crippen molar-refractivity contribution in [3.63, 3.8) is 0 Å². The van der Waals surface area contributed by atoms with Gasteiger partial charge >= 0.3 is 0 Å². The second-order valence-electron chi connectivity index (χ2n) is 11.5. The van der Waals surface area contributed by atoms with Crippen molar-refractivity contribution < 1.29 is 13.9 Å². The number of fused-ring (bicyclic) bond motifs is 4. The summed E-state index contributed by atoms with van der Waals surface area (Å²) in [6.45, 7) is 7.27. The van der Waals surface area contributed by atoms with Crippen molar-refractivity contribution in [3.05, 3.63) is 78.0 Å². The van der Waals surface area contributed by atoms with Crippen LogP contribution < -0.4 is 5.32 Å². The Morgan fingerprint density at radius 1 is 1.09 bits per heavy atom. The van der Waals surface area contributed by atoms with Gasteiger partial charge in [0.05, 0.1) is 17.6 Å². The largest absolute Gasteiger partial charge is 0.508 e. The maximum Gasteiger partial charge on any atom is 0.165 e. The monoisotopic (exact) mass is 577 g/mol. The number of benzene rings is 3. The first-order valence-electron chi connectivity index (χ1n) is 14.3. The number of aromatic nitrogens is 5. The number of aromatic hydroxyl groups is 1. The summed E-state index contributed by atoms with van der Waals surface area (Å²) in [5, 5.41) is 30.5. The van der Waals surface area contributed by atoms with Crippen LogP contribution in [0.25, 0.3) is 49.5 Å². The molecule has 1 aliphatic rings. The van der Waals surface area contributed by atoms with Gasteiger partial charge in [-0.05, 0) is 84.5 Å². The highest BCUT2D eigenvalue weighted by molar-refractivity contribution is 6.10. The average molecular weight is 578 g/mol. The van der Waals surface area contributed by atoms with Crippen LogP contribution in [0.5, 0.6) is 5.75 Å². The summed E-state index contributed by atoms with van der Waals surface area (Å²) in [6, 6.07) is 13.6. The number of pyridine rings is 1. The van der Waals surface area contributed by atoms with Crippen LogP contribution >= 0.6 is 0 Å². The van der Waals surface area contributed by atoms with Crippen LogP contribution in [0.2, 0.25) is 0 Å². The van der Waals surface area contributed by atoms with E-state index in [1.807, 2.05) is 13.0 Å². The number of nitrogens with one attached hydrogen (secondary N) is 1. The lowest BCUT2D eigenvalue weighted by molar-refractivity contribution is 0.393. The zero-order valence-corrected chi connectivity index (χ0v) is 23.9. The third-order valence-electron chi connectivity index (χ3n) is 8.73. The van der Waals surface area contributed by atoms with Gasteiger partial charge in [-0.1, -0.05) is 13.0 Å². The number of aryl methyl sites for hydroxylation is 2. The molecular formula is C33H29F2N7O. The van der Waals surface area contributed by atoms with Gasteiger partial charge in [-0.25, -0.2) is 23.4 Å². The van der Waals surface area contributed by atoms with Crippen molar-refractivity contribution in [2.24, 2.45) is 5.92 Å². The Morgan fingerprint density at radius 3 is 2.65 bits per heavy atom. The van der Waals surface area contributed by atoms with Crippen LogP contribution in [0.4, 0.5) is 8.78 Å². The third kappa shape index (κ3) is 4.22. The first kappa shape index (κ1) is 27.0. The molecule has 6 aromatic rings. The van der Waals surface area contributed by atoms with E-state index in [1.165, 1.54) is 41.6 Å². The van der Waals surface area contributed by atoms with E-state index >= 15 is 4.39 Å². The molecule has 1 fully saturated rings. The molecule has 0 radical (unpaired) electrons. The lowest BCUT2D eigenvalue weighted by Crippen LogP contribution is -2.26. The molecule has 3 atom stereocenters. The van der Waals surface area contributed by atoms with E-state index in [0.29, 0.717) is 39.0 Å². The molecule has 2 N–H and O–H groups in total. The molecule has 7 rings (SSSR count). The van der Waals surface area contributed by atoms with E-state index in [2.05, 4.69) is 45.9 Å². The molecular weight excluding hydrogens is 548 g/mol. The average Bonchev–Trinajstić information content (AvgIpc) is 3.71. The molecule has 0 spiro atoms. The highest BCUT2D eigenvalue weighted by Gasteiger charge is 2.34. The topological polar surface area (TPSA) is 105 Å². The smallest absolute Gasteiger partial charge is 0.165 e. The molecule has 3 aromatic heterocycles. The van der Waals surface area contributed by atoms with E-state index < -0.39 is 11.6 Å². The summed E-state index contributed by atoms with van der Waals surface area (Å²) in [7, 11) is 0. The second-order valence-corrected chi connectivity index (χ2v) is 11.5. The Kier molecular flexibility index (Phi) is 6.36. The van der Waals surface area contributed by atoms with Gasteiger partial charge in [0.1, 0.15) is 29.7 Å². The minimum atomic E-state index is -0.610. The Morgan fingerprint density at radius 2 is 1.93 bits per heavy atom. The Bertz CT molecular complexity index is 2090. The maximum atomic E-state index is 17.2. The number of phenols is 1. The highest BCUT2D eigenvalue weighted by Crippen LogP contribution is 2.43. The van der Waals surface area contributed by atoms with E-state index in [4.69, 9.17) is 4.98 Å². The molecule has 8 nitrogen and oxygen atoms in total. The Labute approximate surface area is 246 Å². The predicted molar refractivity (Wildman–Crippen MR) is 161 cm³/mol. The molecule has 0 saturated carbocycles. The quantitative estimate of drug-likeness (QED) is 0.242. The normalized spacial score (nSPS) is 18.7. The molecule has 0 bridgehead atoms. The first-order chi connectivity index (χ1) is 20.8. The molecule has 0 aliphatic carbocycles. The van der Waals surface area contributed by atoms with Crippen LogP contribution in [-0.4, -0.2) is 42.0 Å². The van der Waals surface area contributed by atoms with Crippen LogP contribution in [0.1, 0.15) is 37.6 Å². The summed E-state index contributed by atoms with van der Waals surface area (Å²) in [6.07, 6.45) is 3.35. The second kappa shape index (κ2) is 10.1. The van der Waals surface area contributed by atoms with Crippen molar-refractivity contribution in [1.82, 2.24) is 29.6 Å². The molecule has 1 aliphatic heterocycles. The zero-order valence-electron chi connectivity index (χ0n) is 23.9. The molecule has 10 heteroatoms. The fourth-order valence-electron chi connectivity index (χ4n) is 6.91. The first-order valence-corrected chi connectivity index (χ1v) is 14.3. The van der Waals surface area contributed by atoms with Crippen LogP contribution in [0, 0.1) is 35.8 Å². The lowest BCUT2D eigenvalue weighted by Gasteiger charge is -2.25. The van der Waals surface area contributed by atoms with E-state index in [1.54, 1.807) is 6.07 Å². The SMILES string of the molecule is Cc1cc2c(-n3cncn3)nc3c(F)c(-c4cc(O)cc5ccc(F)cc45)c(CCC#N)cc3c2n1[C@H]1[C@H](C)CN[C@@H]1C. The van der Waals surface area contributed by atoms with Crippen LogP contribution in [0.15, 0.2) is 55.1 Å². The van der Waals surface area contributed by atoms with Crippen LogP contribution in [-0.2, 0) is 6.42 Å². The number of hydrogen-bond acceptors (Lipinski definition) is 6. The number of halogens is 2. The van der Waals surface area contributed by atoms with Crippen molar-refractivity contribution in [2.75, 3.05) is 6.54 Å². The number of hydrogen-bond donors (Lipinski definition) is 2. The summed E-state index contributed by atoms with van der Waals surface area (Å²) in [5.74, 6) is -0.407.